The Morgan fingerprint density at radius 3 is 2.20 bits per heavy atom. The number of amides is 2. The Balaban J connectivity index is 2.38. The van der Waals surface area contributed by atoms with Crippen molar-refractivity contribution in [3.8, 4) is 0 Å². The minimum atomic E-state index is -0.0211. The quantitative estimate of drug-likeness (QED) is 0.683. The number of hydrogen-bond acceptors (Lipinski definition) is 3. The van der Waals surface area contributed by atoms with E-state index in [1.807, 2.05) is 38.1 Å². The smallest absolute Gasteiger partial charge is 0.239 e. The zero-order valence-corrected chi connectivity index (χ0v) is 12.2. The van der Waals surface area contributed by atoms with Crippen LogP contribution in [0.1, 0.15) is 33.1 Å². The van der Waals surface area contributed by atoms with Crippen molar-refractivity contribution in [1.29, 1.82) is 0 Å². The average Bonchev–Trinajstić information content (AvgIpc) is 2.44. The zero-order valence-electron chi connectivity index (χ0n) is 12.2. The van der Waals surface area contributed by atoms with Crippen molar-refractivity contribution in [3.63, 3.8) is 0 Å². The van der Waals surface area contributed by atoms with E-state index in [1.165, 1.54) is 0 Å². The summed E-state index contributed by atoms with van der Waals surface area (Å²) in [4.78, 5) is 22.9. The van der Waals surface area contributed by atoms with Crippen LogP contribution in [0, 0.1) is 0 Å². The van der Waals surface area contributed by atoms with E-state index in [1.54, 1.807) is 0 Å². The van der Waals surface area contributed by atoms with E-state index in [-0.39, 0.29) is 18.4 Å². The standard InChI is InChI=1S/C15H23N3O2/c1-3-5-14(19)18-13-8-6-12(7-9-13)17-11-15(20)16-10-4-2/h6-9,17H,3-5,10-11H2,1-2H3,(H,16,20)(H,18,19). The van der Waals surface area contributed by atoms with Gasteiger partial charge in [0.05, 0.1) is 6.54 Å². The summed E-state index contributed by atoms with van der Waals surface area (Å²) < 4.78 is 0. The van der Waals surface area contributed by atoms with Gasteiger partial charge in [-0.3, -0.25) is 9.59 Å². The maximum atomic E-state index is 11.4. The van der Waals surface area contributed by atoms with Crippen molar-refractivity contribution in [1.82, 2.24) is 5.32 Å². The molecule has 0 fully saturated rings. The van der Waals surface area contributed by atoms with E-state index >= 15 is 0 Å². The molecule has 0 saturated carbocycles. The van der Waals surface area contributed by atoms with Crippen LogP contribution >= 0.6 is 0 Å². The van der Waals surface area contributed by atoms with E-state index in [4.69, 9.17) is 0 Å². The summed E-state index contributed by atoms with van der Waals surface area (Å²) in [6, 6.07) is 7.32. The Bertz CT molecular complexity index is 429. The van der Waals surface area contributed by atoms with Crippen molar-refractivity contribution in [2.75, 3.05) is 23.7 Å². The van der Waals surface area contributed by atoms with Gasteiger partial charge in [0, 0.05) is 24.3 Å². The number of carbonyl (C=O) groups is 2. The molecule has 110 valence electrons. The molecule has 0 unspecified atom stereocenters. The molecule has 0 spiro atoms. The monoisotopic (exact) mass is 277 g/mol. The van der Waals surface area contributed by atoms with Gasteiger partial charge in [-0.15, -0.1) is 0 Å². The van der Waals surface area contributed by atoms with Crippen LogP contribution in [0.25, 0.3) is 0 Å². The van der Waals surface area contributed by atoms with Crippen LogP contribution < -0.4 is 16.0 Å². The number of carbonyl (C=O) groups excluding carboxylic acids is 2. The number of benzene rings is 1. The zero-order chi connectivity index (χ0) is 14.8. The Kier molecular flexibility index (Phi) is 7.17. The first-order valence-electron chi connectivity index (χ1n) is 7.06. The van der Waals surface area contributed by atoms with Crippen LogP contribution in [0.15, 0.2) is 24.3 Å². The fourth-order valence-electron chi connectivity index (χ4n) is 1.63. The van der Waals surface area contributed by atoms with Crippen LogP contribution in [0.2, 0.25) is 0 Å². The molecule has 20 heavy (non-hydrogen) atoms. The van der Waals surface area contributed by atoms with Crippen LogP contribution in [0.5, 0.6) is 0 Å². The number of hydrogen-bond donors (Lipinski definition) is 3. The lowest BCUT2D eigenvalue weighted by atomic mass is 10.2. The highest BCUT2D eigenvalue weighted by Gasteiger charge is 2.02. The molecule has 0 heterocycles. The van der Waals surface area contributed by atoms with Gasteiger partial charge in [0.25, 0.3) is 0 Å². The van der Waals surface area contributed by atoms with Gasteiger partial charge in [-0.2, -0.15) is 0 Å². The summed E-state index contributed by atoms with van der Waals surface area (Å²) >= 11 is 0. The van der Waals surface area contributed by atoms with Crippen molar-refractivity contribution in [2.24, 2.45) is 0 Å². The van der Waals surface area contributed by atoms with Gasteiger partial charge < -0.3 is 16.0 Å². The molecule has 0 aromatic heterocycles. The third-order valence-electron chi connectivity index (χ3n) is 2.67. The lowest BCUT2D eigenvalue weighted by Gasteiger charge is -2.08. The van der Waals surface area contributed by atoms with E-state index in [0.29, 0.717) is 13.0 Å². The van der Waals surface area contributed by atoms with Gasteiger partial charge in [-0.25, -0.2) is 0 Å². The average molecular weight is 277 g/mol. The number of rotatable bonds is 8. The lowest BCUT2D eigenvalue weighted by molar-refractivity contribution is -0.119. The molecule has 1 aromatic carbocycles. The maximum Gasteiger partial charge on any atom is 0.239 e. The lowest BCUT2D eigenvalue weighted by Crippen LogP contribution is -2.30. The number of anilines is 2. The normalized spacial score (nSPS) is 9.90. The summed E-state index contributed by atoms with van der Waals surface area (Å²) in [5.41, 5.74) is 1.62. The minimum Gasteiger partial charge on any atom is -0.376 e. The first-order chi connectivity index (χ1) is 9.65. The second kappa shape index (κ2) is 8.96. The molecule has 5 heteroatoms. The summed E-state index contributed by atoms with van der Waals surface area (Å²) in [5, 5.41) is 8.65. The molecule has 0 aliphatic rings. The molecule has 0 radical (unpaired) electrons. The molecular formula is C15H23N3O2. The highest BCUT2D eigenvalue weighted by atomic mass is 16.2. The molecule has 2 amide bonds. The highest BCUT2D eigenvalue weighted by molar-refractivity contribution is 5.90. The molecule has 0 aliphatic carbocycles. The summed E-state index contributed by atoms with van der Waals surface area (Å²) in [6.07, 6.45) is 2.29. The second-order valence-corrected chi connectivity index (χ2v) is 4.58. The fourth-order valence-corrected chi connectivity index (χ4v) is 1.63. The topological polar surface area (TPSA) is 70.2 Å². The molecule has 0 aliphatic heterocycles. The predicted molar refractivity (Wildman–Crippen MR) is 81.8 cm³/mol. The van der Waals surface area contributed by atoms with Crippen LogP contribution in [0.3, 0.4) is 0 Å². The molecule has 0 bridgehead atoms. The van der Waals surface area contributed by atoms with E-state index in [2.05, 4.69) is 16.0 Å². The van der Waals surface area contributed by atoms with Crippen molar-refractivity contribution in [2.45, 2.75) is 33.1 Å². The largest absolute Gasteiger partial charge is 0.376 e. The van der Waals surface area contributed by atoms with Crippen LogP contribution in [-0.4, -0.2) is 24.9 Å². The third kappa shape index (κ3) is 6.22. The molecule has 3 N–H and O–H groups in total. The molecule has 0 atom stereocenters. The highest BCUT2D eigenvalue weighted by Crippen LogP contribution is 2.13. The van der Waals surface area contributed by atoms with E-state index in [0.717, 1.165) is 24.2 Å². The first-order valence-corrected chi connectivity index (χ1v) is 7.06. The van der Waals surface area contributed by atoms with Gasteiger partial charge in [-0.05, 0) is 37.1 Å². The summed E-state index contributed by atoms with van der Waals surface area (Å²) in [7, 11) is 0. The Labute approximate surface area is 120 Å². The van der Waals surface area contributed by atoms with Gasteiger partial charge in [0.1, 0.15) is 0 Å². The second-order valence-electron chi connectivity index (χ2n) is 4.58. The van der Waals surface area contributed by atoms with Crippen molar-refractivity contribution < 1.29 is 9.59 Å². The molecular weight excluding hydrogens is 254 g/mol. The van der Waals surface area contributed by atoms with E-state index in [9.17, 15) is 9.59 Å². The van der Waals surface area contributed by atoms with Crippen LogP contribution in [-0.2, 0) is 9.59 Å². The van der Waals surface area contributed by atoms with E-state index < -0.39 is 0 Å². The Morgan fingerprint density at radius 1 is 0.950 bits per heavy atom. The minimum absolute atomic E-state index is 0.0205. The Morgan fingerprint density at radius 2 is 1.60 bits per heavy atom. The Hall–Kier alpha value is -2.04. The maximum absolute atomic E-state index is 11.4. The molecule has 1 rings (SSSR count). The van der Waals surface area contributed by atoms with Crippen molar-refractivity contribution in [3.05, 3.63) is 24.3 Å². The molecule has 0 saturated heterocycles. The third-order valence-corrected chi connectivity index (χ3v) is 2.67. The van der Waals surface area contributed by atoms with Crippen molar-refractivity contribution >= 4 is 23.2 Å². The molecule has 1 aromatic rings. The SMILES string of the molecule is CCCNC(=O)CNc1ccc(NC(=O)CCC)cc1. The van der Waals surface area contributed by atoms with Gasteiger partial charge >= 0.3 is 0 Å². The van der Waals surface area contributed by atoms with Gasteiger partial charge in [-0.1, -0.05) is 13.8 Å². The predicted octanol–water partition coefficient (Wildman–Crippen LogP) is 2.36. The first kappa shape index (κ1) is 16.0. The van der Waals surface area contributed by atoms with Gasteiger partial charge in [0.15, 0.2) is 0 Å². The summed E-state index contributed by atoms with van der Waals surface area (Å²) in [6.45, 7) is 4.93. The molecule has 5 nitrogen and oxygen atoms in total. The van der Waals surface area contributed by atoms with Crippen LogP contribution in [0.4, 0.5) is 11.4 Å². The number of nitrogens with one attached hydrogen (secondary N) is 3. The van der Waals surface area contributed by atoms with Gasteiger partial charge in [0.2, 0.25) is 11.8 Å². The summed E-state index contributed by atoms with van der Waals surface area (Å²) in [5.74, 6) is -0.000623. The fraction of sp³-hybridized carbons (Fsp3) is 0.467.